The highest BCUT2D eigenvalue weighted by molar-refractivity contribution is 5.80. The Kier molecular flexibility index (Phi) is 5.00. The maximum Gasteiger partial charge on any atom is 0.119 e. The number of methoxy groups -OCH3 is 1. The summed E-state index contributed by atoms with van der Waals surface area (Å²) in [6.45, 7) is 3.34. The Morgan fingerprint density at radius 3 is 2.71 bits per heavy atom. The number of allylic oxidation sites excluding steroid dienone is 1. The summed E-state index contributed by atoms with van der Waals surface area (Å²) >= 11 is 0. The van der Waals surface area contributed by atoms with Gasteiger partial charge in [-0.3, -0.25) is 4.98 Å². The normalized spacial score (nSPS) is 14.9. The number of rotatable bonds is 6. The highest BCUT2D eigenvalue weighted by Crippen LogP contribution is 2.43. The van der Waals surface area contributed by atoms with Crippen LogP contribution < -0.4 is 4.74 Å². The Morgan fingerprint density at radius 1 is 1.21 bits per heavy atom. The van der Waals surface area contributed by atoms with E-state index in [9.17, 15) is 0 Å². The molecule has 0 amide bonds. The number of benzene rings is 1. The second-order valence-electron chi connectivity index (χ2n) is 6.75. The first-order valence-corrected chi connectivity index (χ1v) is 8.55. The molecule has 0 unspecified atom stereocenters. The first kappa shape index (κ1) is 16.7. The molecule has 0 N–H and O–H groups in total. The summed E-state index contributed by atoms with van der Waals surface area (Å²) in [4.78, 5) is 6.84. The van der Waals surface area contributed by atoms with Crippen molar-refractivity contribution in [1.29, 1.82) is 0 Å². The van der Waals surface area contributed by atoms with Crippen LogP contribution >= 0.6 is 0 Å². The van der Waals surface area contributed by atoms with Crippen LogP contribution in [0.4, 0.5) is 0 Å². The molecule has 0 aliphatic heterocycles. The van der Waals surface area contributed by atoms with Crippen molar-refractivity contribution in [3.63, 3.8) is 0 Å². The lowest BCUT2D eigenvalue weighted by atomic mass is 9.89. The Morgan fingerprint density at radius 2 is 2.04 bits per heavy atom. The van der Waals surface area contributed by atoms with Crippen molar-refractivity contribution in [3.8, 4) is 5.75 Å². The summed E-state index contributed by atoms with van der Waals surface area (Å²) in [7, 11) is 6.00. The summed E-state index contributed by atoms with van der Waals surface area (Å²) in [5.41, 5.74) is 6.86. The fourth-order valence-corrected chi connectivity index (χ4v) is 3.52. The molecule has 126 valence electrons. The van der Waals surface area contributed by atoms with E-state index < -0.39 is 0 Å². The second-order valence-corrected chi connectivity index (χ2v) is 6.75. The van der Waals surface area contributed by atoms with Crippen LogP contribution in [-0.4, -0.2) is 37.6 Å². The third kappa shape index (κ3) is 3.36. The molecule has 3 heteroatoms. The lowest BCUT2D eigenvalue weighted by Gasteiger charge is -2.18. The number of pyridine rings is 1. The number of aromatic nitrogens is 1. The summed E-state index contributed by atoms with van der Waals surface area (Å²) in [6, 6.07) is 12.6. The van der Waals surface area contributed by atoms with Crippen LogP contribution in [0, 0.1) is 0 Å². The molecule has 0 spiro atoms. The van der Waals surface area contributed by atoms with Gasteiger partial charge >= 0.3 is 0 Å². The van der Waals surface area contributed by atoms with Crippen LogP contribution in [0.25, 0.3) is 5.57 Å². The maximum atomic E-state index is 5.41. The fraction of sp³-hybridized carbons (Fsp3) is 0.381. The van der Waals surface area contributed by atoms with Crippen LogP contribution in [0.1, 0.15) is 36.1 Å². The number of fused-ring (bicyclic) bond motifs is 1. The molecule has 0 saturated heterocycles. The largest absolute Gasteiger partial charge is 0.497 e. The van der Waals surface area contributed by atoms with E-state index in [1.54, 1.807) is 7.11 Å². The number of hydrogen-bond donors (Lipinski definition) is 0. The number of ether oxygens (including phenoxy) is 1. The molecular weight excluding hydrogens is 296 g/mol. The van der Waals surface area contributed by atoms with Crippen molar-refractivity contribution in [2.45, 2.75) is 25.7 Å². The third-order valence-corrected chi connectivity index (χ3v) is 4.81. The van der Waals surface area contributed by atoms with Gasteiger partial charge in [0.2, 0.25) is 0 Å². The molecule has 1 aromatic carbocycles. The second kappa shape index (κ2) is 7.18. The number of hydrogen-bond acceptors (Lipinski definition) is 3. The summed E-state index contributed by atoms with van der Waals surface area (Å²) in [5, 5.41) is 0. The lowest BCUT2D eigenvalue weighted by molar-refractivity contribution is 0.411. The molecule has 1 aliphatic carbocycles. The van der Waals surface area contributed by atoms with Crippen LogP contribution in [-0.2, 0) is 6.42 Å². The Balaban J connectivity index is 2.00. The molecule has 3 nitrogen and oxygen atoms in total. The lowest BCUT2D eigenvalue weighted by Crippen LogP contribution is -2.14. The van der Waals surface area contributed by atoms with E-state index in [1.165, 1.54) is 22.3 Å². The first-order chi connectivity index (χ1) is 11.6. The minimum atomic E-state index is 0.304. The molecule has 0 bridgehead atoms. The zero-order valence-corrected chi connectivity index (χ0v) is 15.0. The fourth-order valence-electron chi connectivity index (χ4n) is 3.52. The molecule has 0 saturated carbocycles. The Labute approximate surface area is 145 Å². The molecule has 1 aliphatic rings. The molecule has 3 rings (SSSR count). The van der Waals surface area contributed by atoms with E-state index in [-0.39, 0.29) is 0 Å². The topological polar surface area (TPSA) is 25.4 Å². The van der Waals surface area contributed by atoms with Crippen molar-refractivity contribution in [2.75, 3.05) is 27.7 Å². The molecule has 1 atom stereocenters. The van der Waals surface area contributed by atoms with Gasteiger partial charge in [-0.1, -0.05) is 24.6 Å². The smallest absolute Gasteiger partial charge is 0.119 e. The molecule has 1 aromatic heterocycles. The van der Waals surface area contributed by atoms with Crippen LogP contribution in [0.15, 0.2) is 48.2 Å². The molecule has 2 aromatic rings. The maximum absolute atomic E-state index is 5.41. The van der Waals surface area contributed by atoms with Crippen LogP contribution in [0.2, 0.25) is 0 Å². The van der Waals surface area contributed by atoms with E-state index in [2.05, 4.69) is 61.2 Å². The van der Waals surface area contributed by atoms with Crippen molar-refractivity contribution >= 4 is 5.57 Å². The monoisotopic (exact) mass is 322 g/mol. The van der Waals surface area contributed by atoms with Crippen molar-refractivity contribution in [2.24, 2.45) is 0 Å². The van der Waals surface area contributed by atoms with Gasteiger partial charge in [0.1, 0.15) is 5.75 Å². The van der Waals surface area contributed by atoms with Crippen molar-refractivity contribution in [1.82, 2.24) is 9.88 Å². The van der Waals surface area contributed by atoms with Gasteiger partial charge in [-0.25, -0.2) is 0 Å². The van der Waals surface area contributed by atoms with E-state index in [0.717, 1.165) is 30.8 Å². The average Bonchev–Trinajstić information content (AvgIpc) is 2.97. The molecule has 24 heavy (non-hydrogen) atoms. The molecule has 0 radical (unpaired) electrons. The molecule has 0 fully saturated rings. The predicted octanol–water partition coefficient (Wildman–Crippen LogP) is 4.16. The minimum absolute atomic E-state index is 0.304. The van der Waals surface area contributed by atoms with Crippen molar-refractivity contribution in [3.05, 3.63) is 65.0 Å². The van der Waals surface area contributed by atoms with Gasteiger partial charge in [0.05, 0.1) is 7.11 Å². The SMILES string of the molecule is COc1ccc2c(c1)CC(CCN(C)C)=C2[C@H](C)c1ccccn1. The number of nitrogens with zero attached hydrogens (tertiary/aromatic N) is 2. The van der Waals surface area contributed by atoms with Crippen LogP contribution in [0.3, 0.4) is 0 Å². The van der Waals surface area contributed by atoms with Gasteiger partial charge in [0.15, 0.2) is 0 Å². The average molecular weight is 322 g/mol. The summed E-state index contributed by atoms with van der Waals surface area (Å²) < 4.78 is 5.41. The molecule has 1 heterocycles. The highest BCUT2D eigenvalue weighted by Gasteiger charge is 2.27. The van der Waals surface area contributed by atoms with Gasteiger partial charge in [0, 0.05) is 24.4 Å². The van der Waals surface area contributed by atoms with Gasteiger partial charge in [-0.15, -0.1) is 0 Å². The van der Waals surface area contributed by atoms with E-state index in [0.29, 0.717) is 5.92 Å². The summed E-state index contributed by atoms with van der Waals surface area (Å²) in [5.74, 6) is 1.24. The van der Waals surface area contributed by atoms with Gasteiger partial charge < -0.3 is 9.64 Å². The van der Waals surface area contributed by atoms with E-state index in [4.69, 9.17) is 4.74 Å². The van der Waals surface area contributed by atoms with Crippen LogP contribution in [0.5, 0.6) is 5.75 Å². The standard InChI is InChI=1S/C21H26N2O/c1-15(20-7-5-6-11-22-20)21-16(10-12-23(2)3)13-17-14-18(24-4)8-9-19(17)21/h5-9,11,14-15H,10,12-13H2,1-4H3/t15-/m1/s1. The third-order valence-electron chi connectivity index (χ3n) is 4.81. The van der Waals surface area contributed by atoms with Gasteiger partial charge in [-0.05, 0) is 67.9 Å². The summed E-state index contributed by atoms with van der Waals surface area (Å²) in [6.07, 6.45) is 4.00. The van der Waals surface area contributed by atoms with Crippen molar-refractivity contribution < 1.29 is 4.74 Å². The zero-order valence-electron chi connectivity index (χ0n) is 15.0. The van der Waals surface area contributed by atoms with Gasteiger partial charge in [-0.2, -0.15) is 0 Å². The zero-order chi connectivity index (χ0) is 17.1. The quantitative estimate of drug-likeness (QED) is 0.798. The minimum Gasteiger partial charge on any atom is -0.497 e. The Hall–Kier alpha value is -2.13. The Bertz CT molecular complexity index is 735. The van der Waals surface area contributed by atoms with E-state index >= 15 is 0 Å². The first-order valence-electron chi connectivity index (χ1n) is 8.55. The predicted molar refractivity (Wildman–Crippen MR) is 99.4 cm³/mol. The van der Waals surface area contributed by atoms with Gasteiger partial charge in [0.25, 0.3) is 0 Å². The van der Waals surface area contributed by atoms with E-state index in [1.807, 2.05) is 12.3 Å². The molecular formula is C21H26N2O. The highest BCUT2D eigenvalue weighted by atomic mass is 16.5.